The fraction of sp³-hybridized carbons (Fsp3) is 0.500. The number of rotatable bonds is 14. The van der Waals surface area contributed by atoms with Crippen LogP contribution in [0.3, 0.4) is 0 Å². The monoisotopic (exact) mass is 703 g/mol. The highest BCUT2D eigenvalue weighted by Crippen LogP contribution is 2.63. The third-order valence-electron chi connectivity index (χ3n) is 11.8. The van der Waals surface area contributed by atoms with Gasteiger partial charge in [-0.1, -0.05) is 91.3 Å². The molecule has 1 aromatic heterocycles. The maximum absolute atomic E-state index is 14.1. The van der Waals surface area contributed by atoms with Gasteiger partial charge in [0.25, 0.3) is 0 Å². The number of nitrogens with zero attached hydrogens (tertiary/aromatic N) is 3. The summed E-state index contributed by atoms with van der Waals surface area (Å²) in [4.78, 5) is 14.1. The minimum atomic E-state index is -0.773. The summed E-state index contributed by atoms with van der Waals surface area (Å²) in [5.74, 6) is 1.27. The SMILES string of the molecule is CC(C)=CCC/C(C)=C/CC/C(C)=C/CC[C@@H]1[C@@]2(C)C/C(=C\c3ccc(OCc4cn(-c5ccccc5)nn4)cc3)C(=O)C(C)(C)[C@@H]2CC[C@@]1(C)O. The van der Waals surface area contributed by atoms with Crippen molar-refractivity contribution >= 4 is 11.9 Å². The molecule has 4 atom stereocenters. The third-order valence-corrected chi connectivity index (χ3v) is 11.8. The van der Waals surface area contributed by atoms with Crippen molar-refractivity contribution in [3.8, 4) is 11.4 Å². The van der Waals surface area contributed by atoms with E-state index in [1.54, 1.807) is 4.68 Å². The number of aliphatic hydroxyl groups is 1. The molecule has 6 nitrogen and oxygen atoms in total. The van der Waals surface area contributed by atoms with Crippen molar-refractivity contribution in [1.82, 2.24) is 15.0 Å². The lowest BCUT2D eigenvalue weighted by Crippen LogP contribution is -2.60. The van der Waals surface area contributed by atoms with Gasteiger partial charge in [-0.2, -0.15) is 0 Å². The number of carbonyl (C=O) groups excluding carboxylic acids is 1. The van der Waals surface area contributed by atoms with Crippen LogP contribution < -0.4 is 4.74 Å². The summed E-state index contributed by atoms with van der Waals surface area (Å²) in [7, 11) is 0. The molecule has 0 bridgehead atoms. The molecule has 2 fully saturated rings. The summed E-state index contributed by atoms with van der Waals surface area (Å²) in [5.41, 5.74) is 6.31. The molecule has 2 aliphatic rings. The maximum Gasteiger partial charge on any atom is 0.164 e. The lowest BCUT2D eigenvalue weighted by Gasteiger charge is -2.61. The lowest BCUT2D eigenvalue weighted by molar-refractivity contribution is -0.169. The van der Waals surface area contributed by atoms with E-state index in [9.17, 15) is 9.90 Å². The maximum atomic E-state index is 14.1. The van der Waals surface area contributed by atoms with Crippen molar-refractivity contribution in [2.24, 2.45) is 22.7 Å². The minimum absolute atomic E-state index is 0.0893. The fourth-order valence-corrected chi connectivity index (χ4v) is 9.07. The molecule has 0 amide bonds. The Kier molecular flexibility index (Phi) is 12.6. The van der Waals surface area contributed by atoms with Gasteiger partial charge in [0, 0.05) is 5.41 Å². The molecule has 1 heterocycles. The van der Waals surface area contributed by atoms with Crippen LogP contribution in [0.5, 0.6) is 5.75 Å². The number of allylic oxidation sites excluding steroid dienone is 7. The van der Waals surface area contributed by atoms with Gasteiger partial charge in [-0.15, -0.1) is 5.10 Å². The Morgan fingerprint density at radius 2 is 1.56 bits per heavy atom. The number of para-hydroxylation sites is 1. The standard InChI is InChI=1S/C46H61N3O3/c1-33(2)15-12-16-34(3)17-13-18-35(4)19-14-22-42-45(7)30-37(43(50)44(5,6)41(45)27-28-46(42,8)51)29-36-23-25-40(26-24-36)52-32-38-31-49(48-47-38)39-20-10-9-11-21-39/h9-11,15,17,19-21,23-26,29,31,41-42,51H,12-14,16,18,22,27-28,30,32H2,1-8H3/b34-17+,35-19+,37-29+/t41-,42+,45-,46+/m0/s1. The lowest BCUT2D eigenvalue weighted by atomic mass is 9.44. The van der Waals surface area contributed by atoms with Crippen molar-refractivity contribution in [3.63, 3.8) is 0 Å². The van der Waals surface area contributed by atoms with Gasteiger partial charge in [0.15, 0.2) is 5.78 Å². The van der Waals surface area contributed by atoms with Gasteiger partial charge in [-0.25, -0.2) is 4.68 Å². The number of hydrogen-bond donors (Lipinski definition) is 1. The second-order valence-corrected chi connectivity index (χ2v) is 16.8. The Bertz CT molecular complexity index is 1790. The Balaban J connectivity index is 1.24. The summed E-state index contributed by atoms with van der Waals surface area (Å²) in [5, 5.41) is 20.4. The second-order valence-electron chi connectivity index (χ2n) is 16.8. The molecule has 1 N–H and O–H groups in total. The average molecular weight is 704 g/mol. The number of ether oxygens (including phenoxy) is 1. The summed E-state index contributed by atoms with van der Waals surface area (Å²) >= 11 is 0. The highest BCUT2D eigenvalue weighted by molar-refractivity contribution is 6.04. The van der Waals surface area contributed by atoms with Crippen LogP contribution in [0.4, 0.5) is 0 Å². The van der Waals surface area contributed by atoms with Gasteiger partial charge in [0.05, 0.1) is 17.5 Å². The molecule has 0 unspecified atom stereocenters. The predicted octanol–water partition coefficient (Wildman–Crippen LogP) is 11.2. The molecule has 3 aromatic rings. The third kappa shape index (κ3) is 9.49. The number of aromatic nitrogens is 3. The summed E-state index contributed by atoms with van der Waals surface area (Å²) < 4.78 is 7.77. The van der Waals surface area contributed by atoms with Crippen molar-refractivity contribution < 1.29 is 14.6 Å². The van der Waals surface area contributed by atoms with Crippen LogP contribution in [-0.2, 0) is 11.4 Å². The van der Waals surface area contributed by atoms with Crippen molar-refractivity contribution in [3.05, 3.63) is 113 Å². The second kappa shape index (κ2) is 16.8. The van der Waals surface area contributed by atoms with Crippen LogP contribution in [0.25, 0.3) is 11.8 Å². The first kappa shape index (κ1) is 39.2. The summed E-state index contributed by atoms with van der Waals surface area (Å²) in [6.07, 6.45) is 19.5. The van der Waals surface area contributed by atoms with Gasteiger partial charge in [-0.05, 0) is 151 Å². The Morgan fingerprint density at radius 1 is 0.904 bits per heavy atom. The van der Waals surface area contributed by atoms with E-state index in [1.807, 2.05) is 67.7 Å². The quantitative estimate of drug-likeness (QED) is 0.134. The van der Waals surface area contributed by atoms with Gasteiger partial charge < -0.3 is 9.84 Å². The first-order valence-corrected chi connectivity index (χ1v) is 19.3. The Hall–Kier alpha value is -4.03. The van der Waals surface area contributed by atoms with Crippen LogP contribution in [0.1, 0.15) is 124 Å². The van der Waals surface area contributed by atoms with Crippen molar-refractivity contribution in [2.75, 3.05) is 0 Å². The molecule has 278 valence electrons. The van der Waals surface area contributed by atoms with Crippen molar-refractivity contribution in [2.45, 2.75) is 125 Å². The van der Waals surface area contributed by atoms with Gasteiger partial charge in [0.1, 0.15) is 18.1 Å². The van der Waals surface area contributed by atoms with Gasteiger partial charge >= 0.3 is 0 Å². The smallest absolute Gasteiger partial charge is 0.164 e. The highest BCUT2D eigenvalue weighted by atomic mass is 16.5. The first-order valence-electron chi connectivity index (χ1n) is 19.3. The number of carbonyl (C=O) groups is 1. The number of Topliss-reactive ketones (excluding diaryl/α,β-unsaturated/α-hetero) is 1. The molecular weight excluding hydrogens is 643 g/mol. The largest absolute Gasteiger partial charge is 0.487 e. The summed E-state index contributed by atoms with van der Waals surface area (Å²) in [6, 6.07) is 17.8. The molecule has 6 heteroatoms. The molecule has 5 rings (SSSR count). The number of fused-ring (bicyclic) bond motifs is 1. The summed E-state index contributed by atoms with van der Waals surface area (Å²) in [6.45, 7) is 17.8. The van der Waals surface area contributed by atoms with E-state index in [-0.39, 0.29) is 23.0 Å². The van der Waals surface area contributed by atoms with Crippen LogP contribution in [-0.4, -0.2) is 31.5 Å². The molecule has 0 aliphatic heterocycles. The molecule has 0 saturated heterocycles. The number of hydrogen-bond acceptors (Lipinski definition) is 5. The molecule has 2 saturated carbocycles. The number of benzene rings is 2. The fourth-order valence-electron chi connectivity index (χ4n) is 9.07. The van der Waals surface area contributed by atoms with Crippen molar-refractivity contribution in [1.29, 1.82) is 0 Å². The van der Waals surface area contributed by atoms with Crippen LogP contribution >= 0.6 is 0 Å². The van der Waals surface area contributed by atoms with Crippen LogP contribution in [0.15, 0.2) is 101 Å². The highest BCUT2D eigenvalue weighted by Gasteiger charge is 2.61. The van der Waals surface area contributed by atoms with Gasteiger partial charge in [0.2, 0.25) is 0 Å². The van der Waals surface area contributed by atoms with E-state index in [1.165, 1.54) is 16.7 Å². The Labute approximate surface area is 312 Å². The molecule has 2 aromatic carbocycles. The van der Waals surface area contributed by atoms with Crippen LogP contribution in [0, 0.1) is 22.7 Å². The molecule has 52 heavy (non-hydrogen) atoms. The van der Waals surface area contributed by atoms with E-state index in [0.717, 1.165) is 79.6 Å². The Morgan fingerprint density at radius 3 is 2.23 bits per heavy atom. The van der Waals surface area contributed by atoms with E-state index in [4.69, 9.17) is 4.74 Å². The molecule has 0 spiro atoms. The number of ketones is 1. The normalized spacial score (nSPS) is 25.6. The van der Waals surface area contributed by atoms with E-state index in [2.05, 4.69) is 83.1 Å². The molecule has 0 radical (unpaired) electrons. The van der Waals surface area contributed by atoms with E-state index in [0.29, 0.717) is 13.0 Å². The zero-order valence-corrected chi connectivity index (χ0v) is 32.9. The topological polar surface area (TPSA) is 77.2 Å². The predicted molar refractivity (Wildman–Crippen MR) is 213 cm³/mol. The van der Waals surface area contributed by atoms with E-state index < -0.39 is 11.0 Å². The first-order chi connectivity index (χ1) is 24.7. The zero-order valence-electron chi connectivity index (χ0n) is 32.9. The molecule has 2 aliphatic carbocycles. The van der Waals surface area contributed by atoms with Crippen LogP contribution in [0.2, 0.25) is 0 Å². The minimum Gasteiger partial charge on any atom is -0.487 e. The average Bonchev–Trinajstić information content (AvgIpc) is 3.57. The van der Waals surface area contributed by atoms with Gasteiger partial charge in [-0.3, -0.25) is 4.79 Å². The van der Waals surface area contributed by atoms with E-state index >= 15 is 0 Å². The molecular formula is C46H61N3O3. The zero-order chi connectivity index (χ0) is 37.5.